The van der Waals surface area contributed by atoms with Crippen molar-refractivity contribution in [3.05, 3.63) is 66.2 Å². The topological polar surface area (TPSA) is 81.1 Å². The third-order valence-corrected chi connectivity index (χ3v) is 8.21. The van der Waals surface area contributed by atoms with Crippen LogP contribution in [0.2, 0.25) is 0 Å². The van der Waals surface area contributed by atoms with Crippen LogP contribution >= 0.6 is 0 Å². The summed E-state index contributed by atoms with van der Waals surface area (Å²) in [5, 5.41) is 19.9. The fourth-order valence-corrected chi connectivity index (χ4v) is 6.33. The molecule has 6 nitrogen and oxygen atoms in total. The Morgan fingerprint density at radius 1 is 0.862 bits per heavy atom. The minimum atomic E-state index is -3.57. The van der Waals surface area contributed by atoms with Gasteiger partial charge in [0, 0.05) is 37.1 Å². The minimum absolute atomic E-state index is 0.0551. The van der Waals surface area contributed by atoms with Crippen molar-refractivity contribution in [3.8, 4) is 0 Å². The van der Waals surface area contributed by atoms with Crippen LogP contribution in [0.1, 0.15) is 18.4 Å². The molecule has 29 heavy (non-hydrogen) atoms. The summed E-state index contributed by atoms with van der Waals surface area (Å²) >= 11 is 0. The van der Waals surface area contributed by atoms with E-state index < -0.39 is 15.4 Å². The van der Waals surface area contributed by atoms with E-state index in [2.05, 4.69) is 17.0 Å². The van der Waals surface area contributed by atoms with E-state index >= 15 is 0 Å². The predicted octanol–water partition coefficient (Wildman–Crippen LogP) is 1.70. The third-order valence-electron chi connectivity index (χ3n) is 6.36. The maximum Gasteiger partial charge on any atom is 0.243 e. The summed E-state index contributed by atoms with van der Waals surface area (Å²) < 4.78 is 28.0. The quantitative estimate of drug-likeness (QED) is 0.749. The second-order valence-corrected chi connectivity index (χ2v) is 10.3. The zero-order chi connectivity index (χ0) is 20.5. The van der Waals surface area contributed by atoms with Gasteiger partial charge in [-0.15, -0.1) is 0 Å². The van der Waals surface area contributed by atoms with Crippen molar-refractivity contribution in [1.29, 1.82) is 0 Å². The molecule has 0 aromatic heterocycles. The molecule has 4 rings (SSSR count). The number of aliphatic hydroxyl groups is 2. The third kappa shape index (κ3) is 3.98. The van der Waals surface area contributed by atoms with E-state index in [0.717, 1.165) is 6.54 Å². The van der Waals surface area contributed by atoms with Gasteiger partial charge < -0.3 is 10.2 Å². The number of piperazine rings is 1. The number of benzene rings is 2. The Hall–Kier alpha value is -1.77. The molecule has 0 spiro atoms. The summed E-state index contributed by atoms with van der Waals surface area (Å²) in [5.41, 5.74) is 0.632. The van der Waals surface area contributed by atoms with E-state index in [1.807, 2.05) is 24.3 Å². The van der Waals surface area contributed by atoms with Crippen molar-refractivity contribution in [2.45, 2.75) is 36.4 Å². The molecule has 156 valence electrons. The first-order valence-corrected chi connectivity index (χ1v) is 11.5. The lowest BCUT2D eigenvalue weighted by Gasteiger charge is -2.55. The Bertz CT molecular complexity index is 898. The van der Waals surface area contributed by atoms with Crippen LogP contribution in [0.4, 0.5) is 0 Å². The highest BCUT2D eigenvalue weighted by Gasteiger charge is 2.49. The molecule has 7 heteroatoms. The second kappa shape index (κ2) is 8.16. The Balaban J connectivity index is 1.62. The molecule has 0 aliphatic carbocycles. The molecule has 2 aliphatic rings. The number of rotatable bonds is 6. The van der Waals surface area contributed by atoms with E-state index in [1.165, 1.54) is 5.56 Å². The number of aliphatic hydroxyl groups excluding tert-OH is 2. The van der Waals surface area contributed by atoms with Crippen molar-refractivity contribution in [1.82, 2.24) is 9.21 Å². The number of hydrogen-bond acceptors (Lipinski definition) is 5. The van der Waals surface area contributed by atoms with E-state index in [9.17, 15) is 18.6 Å². The normalized spacial score (nSPS) is 25.0. The summed E-state index contributed by atoms with van der Waals surface area (Å²) in [6.45, 7) is 1.30. The summed E-state index contributed by atoms with van der Waals surface area (Å²) in [4.78, 5) is 2.67. The van der Waals surface area contributed by atoms with Gasteiger partial charge in [-0.05, 0) is 30.5 Å². The lowest BCUT2D eigenvalue weighted by atomic mass is 9.72. The summed E-state index contributed by atoms with van der Waals surface area (Å²) in [6.07, 6.45) is 1.15. The average Bonchev–Trinajstić information content (AvgIpc) is 2.75. The van der Waals surface area contributed by atoms with E-state index in [0.29, 0.717) is 30.8 Å². The van der Waals surface area contributed by atoms with Gasteiger partial charge >= 0.3 is 0 Å². The van der Waals surface area contributed by atoms with Gasteiger partial charge in [-0.3, -0.25) is 4.90 Å². The second-order valence-electron chi connectivity index (χ2n) is 8.33. The Kier molecular flexibility index (Phi) is 5.77. The van der Waals surface area contributed by atoms with Crippen LogP contribution in [0.15, 0.2) is 65.6 Å². The number of piperidine rings is 1. The first-order valence-electron chi connectivity index (χ1n) is 10.0. The maximum atomic E-state index is 13.2. The van der Waals surface area contributed by atoms with Crippen molar-refractivity contribution in [3.63, 3.8) is 0 Å². The van der Waals surface area contributed by atoms with Crippen LogP contribution in [-0.2, 0) is 16.6 Å². The first-order chi connectivity index (χ1) is 14.0. The molecule has 2 bridgehead atoms. The number of hydrogen-bond donors (Lipinski definition) is 2. The highest BCUT2D eigenvalue weighted by molar-refractivity contribution is 7.89. The maximum absolute atomic E-state index is 13.2. The molecular weight excluding hydrogens is 388 g/mol. The summed E-state index contributed by atoms with van der Waals surface area (Å²) in [7, 11) is -3.57. The van der Waals surface area contributed by atoms with Crippen LogP contribution in [0, 0.1) is 5.41 Å². The van der Waals surface area contributed by atoms with E-state index in [1.54, 1.807) is 28.6 Å². The Morgan fingerprint density at radius 3 is 1.90 bits per heavy atom. The zero-order valence-electron chi connectivity index (χ0n) is 16.4. The van der Waals surface area contributed by atoms with Crippen molar-refractivity contribution < 1.29 is 18.6 Å². The van der Waals surface area contributed by atoms with Crippen LogP contribution in [0.25, 0.3) is 0 Å². The van der Waals surface area contributed by atoms with Gasteiger partial charge in [-0.25, -0.2) is 8.42 Å². The molecule has 2 unspecified atom stereocenters. The van der Waals surface area contributed by atoms with Crippen molar-refractivity contribution in [2.75, 3.05) is 26.3 Å². The molecule has 0 radical (unpaired) electrons. The number of sulfonamides is 1. The monoisotopic (exact) mass is 416 g/mol. The summed E-state index contributed by atoms with van der Waals surface area (Å²) in [5.74, 6) is 0. The van der Waals surface area contributed by atoms with E-state index in [4.69, 9.17) is 0 Å². The molecule has 2 aromatic carbocycles. The molecule has 0 saturated carbocycles. The molecule has 2 saturated heterocycles. The molecular formula is C22H28N2O4S. The average molecular weight is 417 g/mol. The van der Waals surface area contributed by atoms with Crippen LogP contribution in [0.3, 0.4) is 0 Å². The van der Waals surface area contributed by atoms with Gasteiger partial charge in [0.2, 0.25) is 10.0 Å². The molecule has 2 fully saturated rings. The van der Waals surface area contributed by atoms with Gasteiger partial charge in [-0.2, -0.15) is 4.31 Å². The fraction of sp³-hybridized carbons (Fsp3) is 0.455. The number of nitrogens with zero attached hydrogens (tertiary/aromatic N) is 2. The van der Waals surface area contributed by atoms with Crippen LogP contribution in [0.5, 0.6) is 0 Å². The van der Waals surface area contributed by atoms with Gasteiger partial charge in [0.1, 0.15) is 0 Å². The molecule has 2 N–H and O–H groups in total. The van der Waals surface area contributed by atoms with Gasteiger partial charge in [0.25, 0.3) is 0 Å². The lowest BCUT2D eigenvalue weighted by molar-refractivity contribution is -0.0859. The molecule has 2 heterocycles. The Labute approximate surface area is 172 Å². The zero-order valence-corrected chi connectivity index (χ0v) is 17.2. The largest absolute Gasteiger partial charge is 0.396 e. The smallest absolute Gasteiger partial charge is 0.243 e. The molecule has 2 aliphatic heterocycles. The van der Waals surface area contributed by atoms with E-state index in [-0.39, 0.29) is 25.3 Å². The lowest BCUT2D eigenvalue weighted by Crippen LogP contribution is -2.65. The standard InChI is InChI=1S/C22H28N2O4S/c25-16-22(17-26)11-19-14-23(29(27,28)21-9-5-2-6-10-21)15-20(12-22)24(19)13-18-7-3-1-4-8-18/h1-10,19-20,25-26H,11-17H2. The highest BCUT2D eigenvalue weighted by atomic mass is 32.2. The van der Waals surface area contributed by atoms with Crippen LogP contribution < -0.4 is 0 Å². The van der Waals surface area contributed by atoms with Gasteiger partial charge in [0.05, 0.1) is 18.1 Å². The minimum Gasteiger partial charge on any atom is -0.396 e. The van der Waals surface area contributed by atoms with Crippen LogP contribution in [-0.4, -0.2) is 66.2 Å². The summed E-state index contributed by atoms with van der Waals surface area (Å²) in [6, 6.07) is 18.6. The van der Waals surface area contributed by atoms with Crippen molar-refractivity contribution >= 4 is 10.0 Å². The molecule has 0 amide bonds. The number of fused-ring (bicyclic) bond motifs is 2. The Morgan fingerprint density at radius 2 is 1.38 bits per heavy atom. The first kappa shape index (κ1) is 20.5. The van der Waals surface area contributed by atoms with Crippen molar-refractivity contribution in [2.24, 2.45) is 5.41 Å². The fourth-order valence-electron chi connectivity index (χ4n) is 4.80. The molecule has 2 aromatic rings. The molecule has 2 atom stereocenters. The SMILES string of the molecule is O=S(=O)(c1ccccc1)N1CC2CC(CO)(CO)CC(C1)N2Cc1ccccc1. The van der Waals surface area contributed by atoms with Gasteiger partial charge in [0.15, 0.2) is 0 Å². The van der Waals surface area contributed by atoms with Gasteiger partial charge in [-0.1, -0.05) is 48.5 Å². The predicted molar refractivity (Wildman–Crippen MR) is 111 cm³/mol. The highest BCUT2D eigenvalue weighted by Crippen LogP contribution is 2.42.